The Balaban J connectivity index is 1.75. The summed E-state index contributed by atoms with van der Waals surface area (Å²) in [5.74, 6) is 1.96. The van der Waals surface area contributed by atoms with Crippen LogP contribution in [0, 0.1) is 0 Å². The van der Waals surface area contributed by atoms with Gasteiger partial charge in [0.05, 0.1) is 34.0 Å². The Morgan fingerprint density at radius 3 is 2.52 bits per heavy atom. The van der Waals surface area contributed by atoms with Crippen molar-refractivity contribution in [1.82, 2.24) is 9.88 Å². The van der Waals surface area contributed by atoms with Crippen molar-refractivity contribution < 1.29 is 18.9 Å². The monoisotopic (exact) mass is 344 g/mol. The molecule has 1 atom stereocenters. The summed E-state index contributed by atoms with van der Waals surface area (Å²) in [7, 11) is 4.88. The normalized spacial score (nSPS) is 18.0. The zero-order valence-electron chi connectivity index (χ0n) is 14.9. The number of hydrogen-bond donors (Lipinski definition) is 0. The standard InChI is InChI=1S/C19H24N2O4/c1-22-16-9-14(10-17(23-2)19(16)24-3)12-21-7-8-25-18(13-21)15-5-4-6-20-11-15/h4-6,9-11,18H,7-8,12-13H2,1-3H3/t18-/m1/s1. The molecular weight excluding hydrogens is 320 g/mol. The molecule has 1 aliphatic rings. The molecule has 0 radical (unpaired) electrons. The molecule has 1 fully saturated rings. The number of rotatable bonds is 6. The molecule has 1 aromatic carbocycles. The van der Waals surface area contributed by atoms with Crippen LogP contribution in [0.2, 0.25) is 0 Å². The maximum atomic E-state index is 5.91. The Kier molecular flexibility index (Phi) is 5.73. The lowest BCUT2D eigenvalue weighted by atomic mass is 10.1. The van der Waals surface area contributed by atoms with E-state index in [4.69, 9.17) is 18.9 Å². The van der Waals surface area contributed by atoms with Gasteiger partial charge in [-0.15, -0.1) is 0 Å². The van der Waals surface area contributed by atoms with Gasteiger partial charge in [0.2, 0.25) is 5.75 Å². The molecule has 6 nitrogen and oxygen atoms in total. The Hall–Kier alpha value is -2.31. The first kappa shape index (κ1) is 17.5. The second-order valence-corrected chi connectivity index (χ2v) is 5.91. The highest BCUT2D eigenvalue weighted by atomic mass is 16.5. The van der Waals surface area contributed by atoms with Crippen LogP contribution in [0.3, 0.4) is 0 Å². The highest BCUT2D eigenvalue weighted by molar-refractivity contribution is 5.53. The van der Waals surface area contributed by atoms with Gasteiger partial charge in [-0.1, -0.05) is 6.07 Å². The molecule has 0 aliphatic carbocycles. The van der Waals surface area contributed by atoms with Gasteiger partial charge in [-0.2, -0.15) is 0 Å². The molecule has 0 unspecified atom stereocenters. The maximum absolute atomic E-state index is 5.91. The third kappa shape index (κ3) is 4.03. The smallest absolute Gasteiger partial charge is 0.203 e. The Morgan fingerprint density at radius 1 is 1.16 bits per heavy atom. The Labute approximate surface area is 148 Å². The van der Waals surface area contributed by atoms with Crippen LogP contribution in [-0.2, 0) is 11.3 Å². The van der Waals surface area contributed by atoms with E-state index in [1.165, 1.54) is 0 Å². The molecule has 1 aliphatic heterocycles. The van der Waals surface area contributed by atoms with Crippen molar-refractivity contribution in [2.45, 2.75) is 12.6 Å². The lowest BCUT2D eigenvalue weighted by molar-refractivity contribution is -0.0331. The summed E-state index contributed by atoms with van der Waals surface area (Å²) in [4.78, 5) is 6.55. The van der Waals surface area contributed by atoms with E-state index in [1.807, 2.05) is 24.4 Å². The predicted octanol–water partition coefficient (Wildman–Crippen LogP) is 2.68. The fraction of sp³-hybridized carbons (Fsp3) is 0.421. The lowest BCUT2D eigenvalue weighted by Gasteiger charge is -2.33. The van der Waals surface area contributed by atoms with Gasteiger partial charge < -0.3 is 18.9 Å². The van der Waals surface area contributed by atoms with Crippen molar-refractivity contribution in [2.75, 3.05) is 41.0 Å². The van der Waals surface area contributed by atoms with E-state index < -0.39 is 0 Å². The average molecular weight is 344 g/mol. The minimum absolute atomic E-state index is 0.0458. The molecule has 0 saturated carbocycles. The number of benzene rings is 1. The highest BCUT2D eigenvalue weighted by Crippen LogP contribution is 2.38. The number of ether oxygens (including phenoxy) is 4. The second kappa shape index (κ2) is 8.18. The first-order valence-electron chi connectivity index (χ1n) is 8.28. The minimum Gasteiger partial charge on any atom is -0.493 e. The first-order valence-corrected chi connectivity index (χ1v) is 8.28. The van der Waals surface area contributed by atoms with E-state index in [-0.39, 0.29) is 6.10 Å². The summed E-state index contributed by atoms with van der Waals surface area (Å²) in [5, 5.41) is 0. The summed E-state index contributed by atoms with van der Waals surface area (Å²) in [6.45, 7) is 3.19. The number of nitrogens with zero attached hydrogens (tertiary/aromatic N) is 2. The quantitative estimate of drug-likeness (QED) is 0.803. The van der Waals surface area contributed by atoms with Crippen molar-refractivity contribution in [1.29, 1.82) is 0 Å². The molecule has 0 amide bonds. The van der Waals surface area contributed by atoms with Crippen LogP contribution in [0.4, 0.5) is 0 Å². The van der Waals surface area contributed by atoms with Gasteiger partial charge in [-0.3, -0.25) is 9.88 Å². The molecule has 3 rings (SSSR count). The summed E-state index contributed by atoms with van der Waals surface area (Å²) in [5.41, 5.74) is 2.22. The maximum Gasteiger partial charge on any atom is 0.203 e. The topological polar surface area (TPSA) is 53.1 Å². The summed E-state index contributed by atoms with van der Waals surface area (Å²) >= 11 is 0. The summed E-state index contributed by atoms with van der Waals surface area (Å²) in [6, 6.07) is 7.99. The van der Waals surface area contributed by atoms with Gasteiger partial charge in [-0.25, -0.2) is 0 Å². The van der Waals surface area contributed by atoms with E-state index in [1.54, 1.807) is 27.5 Å². The van der Waals surface area contributed by atoms with Gasteiger partial charge in [0.15, 0.2) is 11.5 Å². The van der Waals surface area contributed by atoms with Gasteiger partial charge >= 0.3 is 0 Å². The Morgan fingerprint density at radius 2 is 1.92 bits per heavy atom. The molecular formula is C19H24N2O4. The van der Waals surface area contributed by atoms with Crippen molar-refractivity contribution in [3.05, 3.63) is 47.8 Å². The van der Waals surface area contributed by atoms with Crippen molar-refractivity contribution >= 4 is 0 Å². The average Bonchev–Trinajstić information content (AvgIpc) is 2.68. The van der Waals surface area contributed by atoms with Crippen LogP contribution >= 0.6 is 0 Å². The Bertz CT molecular complexity index is 668. The van der Waals surface area contributed by atoms with E-state index in [0.29, 0.717) is 23.9 Å². The third-order valence-corrected chi connectivity index (χ3v) is 4.34. The third-order valence-electron chi connectivity index (χ3n) is 4.34. The van der Waals surface area contributed by atoms with E-state index in [9.17, 15) is 0 Å². The summed E-state index contributed by atoms with van der Waals surface area (Å²) < 4.78 is 22.2. The van der Waals surface area contributed by atoms with Crippen LogP contribution in [0.25, 0.3) is 0 Å². The number of morpholine rings is 1. The molecule has 1 saturated heterocycles. The zero-order valence-corrected chi connectivity index (χ0v) is 14.9. The van der Waals surface area contributed by atoms with Crippen LogP contribution < -0.4 is 14.2 Å². The highest BCUT2D eigenvalue weighted by Gasteiger charge is 2.23. The van der Waals surface area contributed by atoms with Crippen molar-refractivity contribution in [3.8, 4) is 17.2 Å². The molecule has 2 heterocycles. The van der Waals surface area contributed by atoms with Crippen LogP contribution in [0.15, 0.2) is 36.7 Å². The second-order valence-electron chi connectivity index (χ2n) is 5.91. The number of pyridine rings is 1. The van der Waals surface area contributed by atoms with Crippen molar-refractivity contribution in [3.63, 3.8) is 0 Å². The molecule has 2 aromatic rings. The molecule has 134 valence electrons. The largest absolute Gasteiger partial charge is 0.493 e. The van der Waals surface area contributed by atoms with Gasteiger partial charge in [-0.05, 0) is 23.8 Å². The molecule has 6 heteroatoms. The molecule has 25 heavy (non-hydrogen) atoms. The fourth-order valence-corrected chi connectivity index (χ4v) is 3.10. The van der Waals surface area contributed by atoms with Gasteiger partial charge in [0.1, 0.15) is 0 Å². The van der Waals surface area contributed by atoms with Gasteiger partial charge in [0, 0.05) is 37.6 Å². The number of hydrogen-bond acceptors (Lipinski definition) is 6. The van der Waals surface area contributed by atoms with Crippen LogP contribution in [0.5, 0.6) is 17.2 Å². The molecule has 0 spiro atoms. The van der Waals surface area contributed by atoms with E-state index in [0.717, 1.165) is 30.8 Å². The van der Waals surface area contributed by atoms with Crippen LogP contribution in [-0.4, -0.2) is 50.9 Å². The lowest BCUT2D eigenvalue weighted by Crippen LogP contribution is -2.37. The predicted molar refractivity (Wildman–Crippen MR) is 94.3 cm³/mol. The van der Waals surface area contributed by atoms with E-state index in [2.05, 4.69) is 16.0 Å². The zero-order chi connectivity index (χ0) is 17.6. The van der Waals surface area contributed by atoms with Crippen molar-refractivity contribution in [2.24, 2.45) is 0 Å². The summed E-state index contributed by atoms with van der Waals surface area (Å²) in [6.07, 6.45) is 3.69. The van der Waals surface area contributed by atoms with Crippen LogP contribution in [0.1, 0.15) is 17.2 Å². The van der Waals surface area contributed by atoms with E-state index >= 15 is 0 Å². The van der Waals surface area contributed by atoms with Gasteiger partial charge in [0.25, 0.3) is 0 Å². The molecule has 0 N–H and O–H groups in total. The first-order chi connectivity index (χ1) is 12.2. The number of aromatic nitrogens is 1. The minimum atomic E-state index is 0.0458. The fourth-order valence-electron chi connectivity index (χ4n) is 3.10. The molecule has 1 aromatic heterocycles. The number of methoxy groups -OCH3 is 3. The SMILES string of the molecule is COc1cc(CN2CCO[C@@H](c3cccnc3)C2)cc(OC)c1OC. The molecule has 0 bridgehead atoms.